The Balaban J connectivity index is 1.16. The van der Waals surface area contributed by atoms with Gasteiger partial charge in [0.1, 0.15) is 43.7 Å². The number of amides is 2. The molecule has 0 bridgehead atoms. The molecule has 12 heteroatoms. The summed E-state index contributed by atoms with van der Waals surface area (Å²) in [6.07, 6.45) is -5.83. The monoisotopic (exact) mass is 878 g/mol. The van der Waals surface area contributed by atoms with Gasteiger partial charge in [-0.25, -0.2) is 9.59 Å². The molecular weight excluding hydrogens is 825 g/mol. The zero-order valence-corrected chi connectivity index (χ0v) is 36.0. The summed E-state index contributed by atoms with van der Waals surface area (Å²) >= 11 is 0. The van der Waals surface area contributed by atoms with Crippen LogP contribution in [0.4, 0.5) is 4.79 Å². The van der Waals surface area contributed by atoms with Crippen molar-refractivity contribution in [1.82, 2.24) is 10.6 Å². The number of hydrogen-bond donors (Lipinski definition) is 2. The number of benzene rings is 6. The van der Waals surface area contributed by atoms with Crippen LogP contribution in [-0.4, -0.2) is 61.3 Å². The fourth-order valence-corrected chi connectivity index (χ4v) is 7.24. The maximum Gasteiger partial charge on any atom is 0.408 e. The molecule has 1 aliphatic heterocycles. The Bertz CT molecular complexity index is 2310. The summed E-state index contributed by atoms with van der Waals surface area (Å²) < 4.78 is 44.4. The van der Waals surface area contributed by atoms with Gasteiger partial charge in [0.2, 0.25) is 5.91 Å². The van der Waals surface area contributed by atoms with E-state index in [0.717, 1.165) is 33.4 Å². The van der Waals surface area contributed by atoms with Crippen LogP contribution in [0.2, 0.25) is 0 Å². The third kappa shape index (κ3) is 15.0. The topological polar surface area (TPSA) is 140 Å². The summed E-state index contributed by atoms with van der Waals surface area (Å²) in [5.41, 5.74) is 5.19. The minimum absolute atomic E-state index is 0.0490. The molecule has 6 aromatic carbocycles. The van der Waals surface area contributed by atoms with Crippen molar-refractivity contribution in [3.63, 3.8) is 0 Å². The van der Waals surface area contributed by atoms with E-state index in [4.69, 9.17) is 33.2 Å². The number of carbonyl (C=O) groups is 3. The Hall–Kier alpha value is -6.67. The lowest BCUT2D eigenvalue weighted by atomic mass is 9.96. The average Bonchev–Trinajstić information content (AvgIpc) is 3.35. The van der Waals surface area contributed by atoms with E-state index in [1.165, 1.54) is 0 Å². The van der Waals surface area contributed by atoms with E-state index >= 15 is 0 Å². The zero-order chi connectivity index (χ0) is 44.9. The zero-order valence-electron chi connectivity index (χ0n) is 36.0. The largest absolute Gasteiger partial charge is 0.459 e. The lowest BCUT2D eigenvalue weighted by Gasteiger charge is -2.46. The minimum Gasteiger partial charge on any atom is -0.459 e. The maximum absolute atomic E-state index is 14.3. The van der Waals surface area contributed by atoms with Crippen LogP contribution >= 0.6 is 0 Å². The van der Waals surface area contributed by atoms with Gasteiger partial charge in [0.25, 0.3) is 0 Å². The van der Waals surface area contributed by atoms with Crippen molar-refractivity contribution < 1.29 is 47.5 Å². The van der Waals surface area contributed by atoms with Crippen LogP contribution in [0.3, 0.4) is 0 Å². The van der Waals surface area contributed by atoms with E-state index < -0.39 is 61.1 Å². The third-order valence-corrected chi connectivity index (χ3v) is 10.6. The first-order valence-electron chi connectivity index (χ1n) is 21.7. The van der Waals surface area contributed by atoms with Gasteiger partial charge in [-0.15, -0.1) is 0 Å². The van der Waals surface area contributed by atoms with E-state index in [9.17, 15) is 14.4 Å². The fraction of sp³-hybridized carbons (Fsp3) is 0.264. The van der Waals surface area contributed by atoms with Crippen molar-refractivity contribution in [2.24, 2.45) is 0 Å². The van der Waals surface area contributed by atoms with Crippen molar-refractivity contribution >= 4 is 18.0 Å². The van der Waals surface area contributed by atoms with E-state index in [0.29, 0.717) is 6.61 Å². The minimum atomic E-state index is -1.42. The van der Waals surface area contributed by atoms with Crippen LogP contribution < -0.4 is 10.6 Å². The van der Waals surface area contributed by atoms with Crippen molar-refractivity contribution in [3.8, 4) is 0 Å². The SMILES string of the molecule is O=C(C[C@H](NC(=O)OCc1ccccc1)C(=O)OCc1ccccc1)N[C@H]1O[C@H](COCc2ccccc2)[C@@H](OCc2ccccc2)[C@H](OCc2ccccc2)[C@@H]1OCc1ccccc1. The molecule has 0 unspecified atom stereocenters. The molecule has 1 heterocycles. The Kier molecular flexibility index (Phi) is 17.8. The number of ether oxygens (including phenoxy) is 7. The van der Waals surface area contributed by atoms with Gasteiger partial charge in [-0.05, 0) is 33.4 Å². The molecule has 336 valence electrons. The molecule has 0 spiro atoms. The van der Waals surface area contributed by atoms with E-state index in [1.54, 1.807) is 24.3 Å². The summed E-state index contributed by atoms with van der Waals surface area (Å²) in [4.78, 5) is 41.2. The highest BCUT2D eigenvalue weighted by molar-refractivity contribution is 5.88. The summed E-state index contributed by atoms with van der Waals surface area (Å²) in [6, 6.07) is 55.7. The number of esters is 1. The van der Waals surface area contributed by atoms with Crippen LogP contribution in [0.25, 0.3) is 0 Å². The number of carbonyl (C=O) groups excluding carboxylic acids is 3. The maximum atomic E-state index is 14.3. The predicted molar refractivity (Wildman–Crippen MR) is 242 cm³/mol. The fourth-order valence-electron chi connectivity index (χ4n) is 7.24. The normalized spacial score (nSPS) is 18.5. The van der Waals surface area contributed by atoms with Gasteiger partial charge in [0.15, 0.2) is 6.23 Å². The molecule has 1 fully saturated rings. The highest BCUT2D eigenvalue weighted by Crippen LogP contribution is 2.30. The number of alkyl carbamates (subject to hydrolysis) is 1. The summed E-state index contributed by atoms with van der Waals surface area (Å²) in [6.45, 7) is 0.824. The van der Waals surface area contributed by atoms with Crippen molar-refractivity contribution in [1.29, 1.82) is 0 Å². The highest BCUT2D eigenvalue weighted by atomic mass is 16.6. The Morgan fingerprint density at radius 1 is 0.462 bits per heavy atom. The summed E-state index contributed by atoms with van der Waals surface area (Å²) in [5, 5.41) is 5.53. The van der Waals surface area contributed by atoms with Gasteiger partial charge in [0, 0.05) is 0 Å². The molecular formula is C53H54N2O10. The summed E-state index contributed by atoms with van der Waals surface area (Å²) in [5.74, 6) is -1.46. The van der Waals surface area contributed by atoms with Gasteiger partial charge in [-0.3, -0.25) is 4.79 Å². The lowest BCUT2D eigenvalue weighted by molar-refractivity contribution is -0.277. The van der Waals surface area contributed by atoms with Crippen molar-refractivity contribution in [2.45, 2.75) is 82.7 Å². The second-order valence-electron chi connectivity index (χ2n) is 15.5. The van der Waals surface area contributed by atoms with Crippen molar-refractivity contribution in [2.75, 3.05) is 6.61 Å². The molecule has 1 saturated heterocycles. The molecule has 12 nitrogen and oxygen atoms in total. The molecule has 0 radical (unpaired) electrons. The first-order chi connectivity index (χ1) is 32.0. The number of hydrogen-bond acceptors (Lipinski definition) is 10. The van der Waals surface area contributed by atoms with E-state index in [2.05, 4.69) is 10.6 Å². The van der Waals surface area contributed by atoms with Crippen molar-refractivity contribution in [3.05, 3.63) is 215 Å². The van der Waals surface area contributed by atoms with Crippen LogP contribution in [0.1, 0.15) is 39.8 Å². The van der Waals surface area contributed by atoms with E-state index in [1.807, 2.05) is 158 Å². The van der Waals surface area contributed by atoms with E-state index in [-0.39, 0.29) is 39.6 Å². The van der Waals surface area contributed by atoms with Crippen LogP contribution in [0, 0.1) is 0 Å². The standard InChI is InChI=1S/C53H54N2O10/c56-47(31-45(52(57)63-36-43-27-15-5-16-28-43)54-53(58)64-37-44-29-17-6-18-30-44)55-51-50(62-35-42-25-13-4-14-26-42)49(61-34-41-23-11-3-12-24-41)48(60-33-40-21-9-2-10-22-40)46(65-51)38-59-32-39-19-7-1-8-20-39/h1-30,45-46,48-51H,31-38H2,(H,54,58)(H,55,56)/t45-,46+,48+,49-,50-,51-/m0/s1. The van der Waals surface area contributed by atoms with Crippen LogP contribution in [0.5, 0.6) is 0 Å². The van der Waals surface area contributed by atoms with Gasteiger partial charge in [-0.1, -0.05) is 182 Å². The highest BCUT2D eigenvalue weighted by Gasteiger charge is 2.49. The van der Waals surface area contributed by atoms with Gasteiger partial charge in [-0.2, -0.15) is 0 Å². The first kappa shape index (κ1) is 46.3. The smallest absolute Gasteiger partial charge is 0.408 e. The molecule has 2 amide bonds. The quantitative estimate of drug-likeness (QED) is 0.0642. The lowest BCUT2D eigenvalue weighted by Crippen LogP contribution is -2.65. The van der Waals surface area contributed by atoms with Crippen LogP contribution in [0.15, 0.2) is 182 Å². The molecule has 6 aromatic rings. The molecule has 2 N–H and O–H groups in total. The Morgan fingerprint density at radius 3 is 1.31 bits per heavy atom. The molecule has 65 heavy (non-hydrogen) atoms. The van der Waals surface area contributed by atoms with Gasteiger partial charge < -0.3 is 43.8 Å². The predicted octanol–water partition coefficient (Wildman–Crippen LogP) is 8.23. The Labute approximate surface area is 379 Å². The molecule has 6 atom stereocenters. The molecule has 1 aliphatic rings. The molecule has 7 rings (SSSR count). The Morgan fingerprint density at radius 2 is 0.846 bits per heavy atom. The number of rotatable bonds is 22. The second kappa shape index (κ2) is 25.0. The molecule has 0 aromatic heterocycles. The first-order valence-corrected chi connectivity index (χ1v) is 21.7. The third-order valence-electron chi connectivity index (χ3n) is 10.6. The van der Waals surface area contributed by atoms with Gasteiger partial charge in [0.05, 0.1) is 39.5 Å². The molecule has 0 saturated carbocycles. The second-order valence-corrected chi connectivity index (χ2v) is 15.5. The van der Waals surface area contributed by atoms with Gasteiger partial charge >= 0.3 is 12.1 Å². The van der Waals surface area contributed by atoms with Crippen LogP contribution in [-0.2, 0) is 82.4 Å². The molecule has 0 aliphatic carbocycles. The average molecular weight is 879 g/mol. The summed E-state index contributed by atoms with van der Waals surface area (Å²) in [7, 11) is 0. The number of nitrogens with one attached hydrogen (secondary N) is 2.